The summed E-state index contributed by atoms with van der Waals surface area (Å²) >= 11 is 1.67. The van der Waals surface area contributed by atoms with Crippen LogP contribution in [-0.2, 0) is 11.3 Å². The number of rotatable bonds is 8. The normalized spacial score (nSPS) is 10.4. The lowest BCUT2D eigenvalue weighted by atomic mass is 10.4. The van der Waals surface area contributed by atoms with Crippen molar-refractivity contribution in [3.63, 3.8) is 0 Å². The molecule has 0 bridgehead atoms. The summed E-state index contributed by atoms with van der Waals surface area (Å²) in [6, 6.07) is 2.85. The Labute approximate surface area is 116 Å². The molecule has 1 amide bonds. The molecular weight excluding hydrogens is 266 g/mol. The largest absolute Gasteiger partial charge is 0.398 e. The van der Waals surface area contributed by atoms with Gasteiger partial charge in [-0.2, -0.15) is 11.8 Å². The van der Waals surface area contributed by atoms with E-state index >= 15 is 0 Å². The molecule has 0 radical (unpaired) electrons. The summed E-state index contributed by atoms with van der Waals surface area (Å²) in [5, 5.41) is 11.3. The molecule has 1 aromatic heterocycles. The number of amides is 1. The van der Waals surface area contributed by atoms with E-state index in [0.29, 0.717) is 12.2 Å². The number of thioether (sulfide) groups is 1. The van der Waals surface area contributed by atoms with Crippen molar-refractivity contribution < 1.29 is 9.90 Å². The molecule has 1 heterocycles. The van der Waals surface area contributed by atoms with Crippen LogP contribution in [0, 0.1) is 0 Å². The summed E-state index contributed by atoms with van der Waals surface area (Å²) in [5.74, 6) is 1.45. The van der Waals surface area contributed by atoms with E-state index in [1.54, 1.807) is 11.8 Å². The number of aliphatic hydroxyl groups is 1. The first-order chi connectivity index (χ1) is 9.13. The lowest BCUT2D eigenvalue weighted by molar-refractivity contribution is -0.121. The molecule has 0 aliphatic carbocycles. The van der Waals surface area contributed by atoms with E-state index in [4.69, 9.17) is 10.8 Å². The Hall–Kier alpha value is -1.47. The van der Waals surface area contributed by atoms with E-state index in [1.165, 1.54) is 22.9 Å². The standard InChI is InChI=1S/C12H19N3O3S/c13-10-2-3-12(18)15(8-10)9-11(17)14-4-7-19-6-1-5-16/h2-3,8,16H,1,4-7,9,13H2,(H,14,17). The molecule has 106 valence electrons. The third kappa shape index (κ3) is 6.30. The minimum atomic E-state index is -0.248. The maximum atomic E-state index is 11.6. The highest BCUT2D eigenvalue weighted by molar-refractivity contribution is 7.99. The Morgan fingerprint density at radius 1 is 1.42 bits per heavy atom. The highest BCUT2D eigenvalue weighted by Crippen LogP contribution is 2.00. The van der Waals surface area contributed by atoms with Gasteiger partial charge in [-0.05, 0) is 18.2 Å². The van der Waals surface area contributed by atoms with Gasteiger partial charge in [-0.25, -0.2) is 0 Å². The number of hydrogen-bond donors (Lipinski definition) is 3. The van der Waals surface area contributed by atoms with Crippen LogP contribution in [0.5, 0.6) is 0 Å². The van der Waals surface area contributed by atoms with Gasteiger partial charge in [0, 0.05) is 36.9 Å². The zero-order chi connectivity index (χ0) is 14.1. The third-order valence-electron chi connectivity index (χ3n) is 2.34. The van der Waals surface area contributed by atoms with Gasteiger partial charge < -0.3 is 20.7 Å². The summed E-state index contributed by atoms with van der Waals surface area (Å²) in [4.78, 5) is 23.1. The summed E-state index contributed by atoms with van der Waals surface area (Å²) in [6.45, 7) is 0.717. The average molecular weight is 285 g/mol. The van der Waals surface area contributed by atoms with Gasteiger partial charge in [0.15, 0.2) is 0 Å². The molecule has 1 aromatic rings. The maximum absolute atomic E-state index is 11.6. The minimum absolute atomic E-state index is 0.0226. The Morgan fingerprint density at radius 2 is 2.21 bits per heavy atom. The first kappa shape index (κ1) is 15.6. The van der Waals surface area contributed by atoms with E-state index < -0.39 is 0 Å². The molecule has 0 aromatic carbocycles. The third-order valence-corrected chi connectivity index (χ3v) is 3.41. The molecule has 6 nitrogen and oxygen atoms in total. The Bertz CT molecular complexity index is 462. The quantitative estimate of drug-likeness (QED) is 0.568. The van der Waals surface area contributed by atoms with Crippen LogP contribution in [0.15, 0.2) is 23.1 Å². The SMILES string of the molecule is Nc1ccc(=O)n(CC(=O)NCCSCCCO)c1. The molecule has 0 atom stereocenters. The van der Waals surface area contributed by atoms with Gasteiger partial charge in [0.2, 0.25) is 5.91 Å². The molecule has 0 spiro atoms. The highest BCUT2D eigenvalue weighted by atomic mass is 32.2. The first-order valence-electron chi connectivity index (χ1n) is 6.05. The number of pyridine rings is 1. The molecule has 0 unspecified atom stereocenters. The molecule has 19 heavy (non-hydrogen) atoms. The number of aromatic nitrogens is 1. The van der Waals surface area contributed by atoms with E-state index in [-0.39, 0.29) is 24.6 Å². The van der Waals surface area contributed by atoms with E-state index in [0.717, 1.165) is 17.9 Å². The van der Waals surface area contributed by atoms with Crippen molar-refractivity contribution in [3.05, 3.63) is 28.7 Å². The monoisotopic (exact) mass is 285 g/mol. The second-order valence-corrected chi connectivity index (χ2v) is 5.19. The second-order valence-electron chi connectivity index (χ2n) is 3.97. The van der Waals surface area contributed by atoms with Crippen molar-refractivity contribution in [2.75, 3.05) is 30.4 Å². The zero-order valence-electron chi connectivity index (χ0n) is 10.7. The predicted molar refractivity (Wildman–Crippen MR) is 77.2 cm³/mol. The zero-order valence-corrected chi connectivity index (χ0v) is 11.5. The molecule has 0 saturated heterocycles. The number of carbonyl (C=O) groups is 1. The summed E-state index contributed by atoms with van der Waals surface area (Å²) in [7, 11) is 0. The van der Waals surface area contributed by atoms with Crippen molar-refractivity contribution in [1.82, 2.24) is 9.88 Å². The van der Waals surface area contributed by atoms with Crippen molar-refractivity contribution >= 4 is 23.4 Å². The second kappa shape index (κ2) is 8.60. The molecule has 4 N–H and O–H groups in total. The van der Waals surface area contributed by atoms with E-state index in [1.807, 2.05) is 0 Å². The Morgan fingerprint density at radius 3 is 2.95 bits per heavy atom. The van der Waals surface area contributed by atoms with Crippen molar-refractivity contribution in [1.29, 1.82) is 0 Å². The molecule has 0 saturated carbocycles. The molecular formula is C12H19N3O3S. The number of nitrogens with zero attached hydrogens (tertiary/aromatic N) is 1. The number of carbonyl (C=O) groups excluding carboxylic acids is 1. The van der Waals surface area contributed by atoms with Crippen LogP contribution in [0.2, 0.25) is 0 Å². The van der Waals surface area contributed by atoms with Gasteiger partial charge in [0.1, 0.15) is 6.54 Å². The molecule has 0 aliphatic rings. The number of nitrogens with one attached hydrogen (secondary N) is 1. The van der Waals surface area contributed by atoms with Gasteiger partial charge in [0.25, 0.3) is 5.56 Å². The fourth-order valence-electron chi connectivity index (χ4n) is 1.42. The fraction of sp³-hybridized carbons (Fsp3) is 0.500. The lowest BCUT2D eigenvalue weighted by Crippen LogP contribution is -2.33. The van der Waals surface area contributed by atoms with Gasteiger partial charge >= 0.3 is 0 Å². The Kier molecular flexibility index (Phi) is 7.06. The van der Waals surface area contributed by atoms with E-state index in [9.17, 15) is 9.59 Å². The van der Waals surface area contributed by atoms with Crippen molar-refractivity contribution in [3.8, 4) is 0 Å². The van der Waals surface area contributed by atoms with Crippen LogP contribution < -0.4 is 16.6 Å². The number of hydrogen-bond acceptors (Lipinski definition) is 5. The van der Waals surface area contributed by atoms with Crippen LogP contribution in [0.3, 0.4) is 0 Å². The predicted octanol–water partition coefficient (Wildman–Crippen LogP) is -0.338. The number of nitrogen functional groups attached to an aromatic ring is 1. The highest BCUT2D eigenvalue weighted by Gasteiger charge is 2.04. The number of aliphatic hydroxyl groups excluding tert-OH is 1. The molecule has 0 aliphatic heterocycles. The summed E-state index contributed by atoms with van der Waals surface area (Å²) in [6.07, 6.45) is 2.22. The van der Waals surface area contributed by atoms with E-state index in [2.05, 4.69) is 5.32 Å². The van der Waals surface area contributed by atoms with Gasteiger partial charge in [-0.15, -0.1) is 0 Å². The molecule has 1 rings (SSSR count). The van der Waals surface area contributed by atoms with Crippen LogP contribution in [0.4, 0.5) is 5.69 Å². The first-order valence-corrected chi connectivity index (χ1v) is 7.20. The fourth-order valence-corrected chi connectivity index (χ4v) is 2.20. The van der Waals surface area contributed by atoms with Crippen LogP contribution in [0.1, 0.15) is 6.42 Å². The molecule has 0 fully saturated rings. The van der Waals surface area contributed by atoms with Crippen molar-refractivity contribution in [2.24, 2.45) is 0 Å². The maximum Gasteiger partial charge on any atom is 0.251 e. The van der Waals surface area contributed by atoms with Gasteiger partial charge in [-0.1, -0.05) is 0 Å². The smallest absolute Gasteiger partial charge is 0.251 e. The lowest BCUT2D eigenvalue weighted by Gasteiger charge is -2.07. The van der Waals surface area contributed by atoms with Gasteiger partial charge in [-0.3, -0.25) is 9.59 Å². The molecule has 7 heteroatoms. The number of nitrogens with two attached hydrogens (primary N) is 1. The topological polar surface area (TPSA) is 97.4 Å². The summed E-state index contributed by atoms with van der Waals surface area (Å²) < 4.78 is 1.28. The van der Waals surface area contributed by atoms with Crippen LogP contribution in [-0.4, -0.2) is 40.2 Å². The van der Waals surface area contributed by atoms with Gasteiger partial charge in [0.05, 0.1) is 0 Å². The minimum Gasteiger partial charge on any atom is -0.398 e. The van der Waals surface area contributed by atoms with Crippen LogP contribution >= 0.6 is 11.8 Å². The average Bonchev–Trinajstić information content (AvgIpc) is 2.38. The summed E-state index contributed by atoms with van der Waals surface area (Å²) in [5.41, 5.74) is 5.76. The number of anilines is 1. The Balaban J connectivity index is 2.27. The van der Waals surface area contributed by atoms with Crippen molar-refractivity contribution in [2.45, 2.75) is 13.0 Å². The van der Waals surface area contributed by atoms with Crippen LogP contribution in [0.25, 0.3) is 0 Å².